The Kier molecular flexibility index (Phi) is 5.75. The number of carbonyl (C=O) groups excluding carboxylic acids is 1. The number of benzene rings is 1. The van der Waals surface area contributed by atoms with Crippen LogP contribution >= 0.6 is 0 Å². The smallest absolute Gasteiger partial charge is 0.407 e. The van der Waals surface area contributed by atoms with E-state index in [4.69, 9.17) is 9.84 Å². The first-order valence-electron chi connectivity index (χ1n) is 9.44. The third-order valence-corrected chi connectivity index (χ3v) is 6.01. The predicted molar refractivity (Wildman–Crippen MR) is 103 cm³/mol. The second-order valence-corrected chi connectivity index (χ2v) is 9.96. The molecular formula is C19H25FN2O6S. The van der Waals surface area contributed by atoms with Crippen LogP contribution in [0.2, 0.25) is 0 Å². The number of piperidine rings is 1. The first-order valence-corrected chi connectivity index (χ1v) is 11.3. The van der Waals surface area contributed by atoms with Gasteiger partial charge in [0.15, 0.2) is 0 Å². The van der Waals surface area contributed by atoms with Gasteiger partial charge < -0.3 is 14.7 Å². The fraction of sp³-hybridized carbons (Fsp3) is 0.579. The zero-order valence-corrected chi connectivity index (χ0v) is 17.2. The minimum Gasteiger partial charge on any atom is -0.493 e. The van der Waals surface area contributed by atoms with Crippen LogP contribution in [0, 0.1) is 11.2 Å². The molecule has 1 aromatic rings. The van der Waals surface area contributed by atoms with E-state index in [-0.39, 0.29) is 16.9 Å². The molecule has 2 fully saturated rings. The number of nitrogens with one attached hydrogen (secondary N) is 1. The SMILES string of the molecule is CC1(COc2cc(F)c(C(=O)NS(C)(=O)=O)cc2C2CC2)CCN(C(=O)O)CC1. The maximum atomic E-state index is 14.5. The number of amides is 2. The van der Waals surface area contributed by atoms with E-state index in [1.807, 2.05) is 6.92 Å². The molecule has 160 valence electrons. The van der Waals surface area contributed by atoms with Crippen LogP contribution in [0.3, 0.4) is 0 Å². The Bertz CT molecular complexity index is 921. The second-order valence-electron chi connectivity index (χ2n) is 8.22. The van der Waals surface area contributed by atoms with Gasteiger partial charge in [-0.05, 0) is 43.2 Å². The summed E-state index contributed by atoms with van der Waals surface area (Å²) >= 11 is 0. The van der Waals surface area contributed by atoms with Crippen LogP contribution in [0.4, 0.5) is 9.18 Å². The number of halogens is 1. The number of rotatable bonds is 6. The molecule has 8 nitrogen and oxygen atoms in total. The number of hydrogen-bond donors (Lipinski definition) is 2. The maximum absolute atomic E-state index is 14.5. The van der Waals surface area contributed by atoms with Crippen LogP contribution in [0.5, 0.6) is 5.75 Å². The molecule has 1 aromatic carbocycles. The molecule has 1 saturated carbocycles. The normalized spacial score (nSPS) is 18.9. The van der Waals surface area contributed by atoms with E-state index in [0.29, 0.717) is 43.9 Å². The minimum absolute atomic E-state index is 0.150. The lowest BCUT2D eigenvalue weighted by Crippen LogP contribution is -2.43. The van der Waals surface area contributed by atoms with Gasteiger partial charge in [-0.25, -0.2) is 22.3 Å². The van der Waals surface area contributed by atoms with Gasteiger partial charge in [0.1, 0.15) is 11.6 Å². The summed E-state index contributed by atoms with van der Waals surface area (Å²) in [5.41, 5.74) is 0.123. The molecular weight excluding hydrogens is 403 g/mol. The molecule has 29 heavy (non-hydrogen) atoms. The van der Waals surface area contributed by atoms with Gasteiger partial charge in [0.05, 0.1) is 18.4 Å². The van der Waals surface area contributed by atoms with Crippen molar-refractivity contribution in [3.8, 4) is 5.75 Å². The van der Waals surface area contributed by atoms with E-state index in [1.54, 1.807) is 4.72 Å². The molecule has 0 radical (unpaired) electrons. The van der Waals surface area contributed by atoms with E-state index < -0.39 is 27.8 Å². The average molecular weight is 428 g/mol. The summed E-state index contributed by atoms with van der Waals surface area (Å²) < 4.78 is 44.8. The highest BCUT2D eigenvalue weighted by molar-refractivity contribution is 7.89. The lowest BCUT2D eigenvalue weighted by atomic mass is 9.81. The van der Waals surface area contributed by atoms with Crippen LogP contribution in [-0.4, -0.2) is 56.4 Å². The van der Waals surface area contributed by atoms with Crippen molar-refractivity contribution in [3.63, 3.8) is 0 Å². The number of ether oxygens (including phenoxy) is 1. The van der Waals surface area contributed by atoms with Gasteiger partial charge in [0, 0.05) is 24.6 Å². The molecule has 1 saturated heterocycles. The Labute approximate surface area is 169 Å². The number of hydrogen-bond acceptors (Lipinski definition) is 5. The highest BCUT2D eigenvalue weighted by atomic mass is 32.2. The van der Waals surface area contributed by atoms with Crippen molar-refractivity contribution in [2.75, 3.05) is 26.0 Å². The van der Waals surface area contributed by atoms with Crippen LogP contribution in [0.1, 0.15) is 54.4 Å². The third-order valence-electron chi connectivity index (χ3n) is 5.46. The number of carbonyl (C=O) groups is 2. The molecule has 2 N–H and O–H groups in total. The molecule has 1 aliphatic carbocycles. The van der Waals surface area contributed by atoms with Crippen LogP contribution in [-0.2, 0) is 10.0 Å². The van der Waals surface area contributed by atoms with E-state index in [0.717, 1.165) is 25.2 Å². The molecule has 10 heteroatoms. The molecule has 1 aliphatic heterocycles. The van der Waals surface area contributed by atoms with Crippen LogP contribution in [0.15, 0.2) is 12.1 Å². The summed E-state index contributed by atoms with van der Waals surface area (Å²) in [6, 6.07) is 2.51. The summed E-state index contributed by atoms with van der Waals surface area (Å²) in [7, 11) is -3.80. The van der Waals surface area contributed by atoms with Gasteiger partial charge in [-0.2, -0.15) is 0 Å². The van der Waals surface area contributed by atoms with E-state index in [9.17, 15) is 22.4 Å². The molecule has 2 amide bonds. The highest BCUT2D eigenvalue weighted by Crippen LogP contribution is 2.45. The highest BCUT2D eigenvalue weighted by Gasteiger charge is 2.34. The summed E-state index contributed by atoms with van der Waals surface area (Å²) in [6.45, 7) is 3.15. The molecule has 2 aliphatic rings. The van der Waals surface area contributed by atoms with Crippen molar-refractivity contribution in [2.24, 2.45) is 5.41 Å². The fourth-order valence-electron chi connectivity index (χ4n) is 3.44. The van der Waals surface area contributed by atoms with E-state index in [2.05, 4.69) is 0 Å². The zero-order chi connectivity index (χ0) is 21.4. The van der Waals surface area contributed by atoms with Crippen molar-refractivity contribution in [3.05, 3.63) is 29.1 Å². The lowest BCUT2D eigenvalue weighted by Gasteiger charge is -2.38. The van der Waals surface area contributed by atoms with Crippen molar-refractivity contribution in [1.82, 2.24) is 9.62 Å². The molecule has 0 unspecified atom stereocenters. The van der Waals surface area contributed by atoms with Gasteiger partial charge in [0.2, 0.25) is 10.0 Å². The predicted octanol–water partition coefficient (Wildman–Crippen LogP) is 2.55. The quantitative estimate of drug-likeness (QED) is 0.720. The molecule has 0 atom stereocenters. The summed E-state index contributed by atoms with van der Waals surface area (Å²) in [6.07, 6.45) is 2.94. The number of likely N-dealkylation sites (tertiary alicyclic amines) is 1. The van der Waals surface area contributed by atoms with Crippen molar-refractivity contribution < 1.29 is 32.2 Å². The van der Waals surface area contributed by atoms with Crippen molar-refractivity contribution in [1.29, 1.82) is 0 Å². The molecule has 0 aromatic heterocycles. The van der Waals surface area contributed by atoms with Gasteiger partial charge in [0.25, 0.3) is 5.91 Å². The summed E-state index contributed by atoms with van der Waals surface area (Å²) in [4.78, 5) is 24.5. The first-order chi connectivity index (χ1) is 13.5. The Balaban J connectivity index is 1.75. The van der Waals surface area contributed by atoms with E-state index >= 15 is 0 Å². The summed E-state index contributed by atoms with van der Waals surface area (Å²) in [5, 5.41) is 9.08. The fourth-order valence-corrected chi connectivity index (χ4v) is 3.89. The van der Waals surface area contributed by atoms with Crippen molar-refractivity contribution in [2.45, 2.75) is 38.5 Å². The van der Waals surface area contributed by atoms with Gasteiger partial charge >= 0.3 is 6.09 Å². The molecule has 0 spiro atoms. The molecule has 1 heterocycles. The summed E-state index contributed by atoms with van der Waals surface area (Å²) in [5.74, 6) is -1.36. The minimum atomic E-state index is -3.80. The second kappa shape index (κ2) is 7.81. The Morgan fingerprint density at radius 3 is 2.45 bits per heavy atom. The standard InChI is InChI=1S/C19H25FN2O6S/c1-19(5-7-22(8-6-19)18(24)25)11-28-16-10-15(20)14(9-13(16)12-3-4-12)17(23)21-29(2,26)27/h9-10,12H,3-8,11H2,1-2H3,(H,21,23)(H,24,25). The number of sulfonamides is 1. The van der Waals surface area contributed by atoms with Crippen molar-refractivity contribution >= 4 is 22.0 Å². The largest absolute Gasteiger partial charge is 0.493 e. The average Bonchev–Trinajstić information content (AvgIpc) is 3.44. The molecule has 0 bridgehead atoms. The van der Waals surface area contributed by atoms with Gasteiger partial charge in [-0.1, -0.05) is 6.92 Å². The monoisotopic (exact) mass is 428 g/mol. The number of nitrogens with zero attached hydrogens (tertiary/aromatic N) is 1. The maximum Gasteiger partial charge on any atom is 0.407 e. The first kappa shape index (κ1) is 21.4. The van der Waals surface area contributed by atoms with E-state index in [1.165, 1.54) is 11.0 Å². The van der Waals surface area contributed by atoms with Crippen LogP contribution in [0.25, 0.3) is 0 Å². The lowest BCUT2D eigenvalue weighted by molar-refractivity contribution is 0.0651. The topological polar surface area (TPSA) is 113 Å². The Hall–Kier alpha value is -2.36. The Morgan fingerprint density at radius 2 is 1.93 bits per heavy atom. The van der Waals surface area contributed by atoms with Crippen LogP contribution < -0.4 is 9.46 Å². The zero-order valence-electron chi connectivity index (χ0n) is 16.4. The Morgan fingerprint density at radius 1 is 1.31 bits per heavy atom. The molecule has 3 rings (SSSR count). The number of carboxylic acid groups (broad SMARTS) is 1. The van der Waals surface area contributed by atoms with Gasteiger partial charge in [-0.15, -0.1) is 0 Å². The van der Waals surface area contributed by atoms with Gasteiger partial charge in [-0.3, -0.25) is 4.79 Å². The third kappa shape index (κ3) is 5.37.